The molecule has 1 fully saturated rings. The minimum atomic E-state index is -0.149. The van der Waals surface area contributed by atoms with Crippen molar-refractivity contribution in [1.29, 1.82) is 0 Å². The molecule has 0 atom stereocenters. The van der Waals surface area contributed by atoms with Crippen LogP contribution in [0.15, 0.2) is 5.16 Å². The summed E-state index contributed by atoms with van der Waals surface area (Å²) >= 11 is 1.38. The molecule has 0 unspecified atom stereocenters. The molecule has 134 valence electrons. The number of rotatable bonds is 8. The lowest BCUT2D eigenvalue weighted by molar-refractivity contribution is -0.131. The molecule has 0 saturated carbocycles. The first-order valence-corrected chi connectivity index (χ1v) is 9.21. The Labute approximate surface area is 147 Å². The average molecular weight is 354 g/mol. The van der Waals surface area contributed by atoms with Crippen molar-refractivity contribution in [2.75, 3.05) is 39.1 Å². The molecule has 0 aliphatic carbocycles. The number of thioether (sulfide) groups is 1. The number of carbonyl (C=O) groups is 2. The molecule has 2 rings (SSSR count). The number of ether oxygens (including phenoxy) is 1. The number of methoxy groups -OCH3 is 1. The minimum Gasteiger partial charge on any atom is -0.383 e. The number of hydrogen-bond donors (Lipinski definition) is 1. The summed E-state index contributed by atoms with van der Waals surface area (Å²) in [4.78, 5) is 30.2. The van der Waals surface area contributed by atoms with Crippen molar-refractivity contribution in [3.63, 3.8) is 0 Å². The summed E-state index contributed by atoms with van der Waals surface area (Å²) in [6.07, 6.45) is 2.11. The number of hydrogen-bond acceptors (Lipinski definition) is 5. The first-order chi connectivity index (χ1) is 11.5. The summed E-state index contributed by atoms with van der Waals surface area (Å²) < 4.78 is 7.19. The van der Waals surface area contributed by atoms with Crippen LogP contribution in [0.4, 0.5) is 0 Å². The number of nitrogens with one attached hydrogen (secondary N) is 1. The Morgan fingerprint density at radius 1 is 1.29 bits per heavy atom. The van der Waals surface area contributed by atoms with E-state index in [-0.39, 0.29) is 24.1 Å². The molecule has 0 bridgehead atoms. The highest BCUT2D eigenvalue weighted by molar-refractivity contribution is 7.99. The Morgan fingerprint density at radius 2 is 2.00 bits per heavy atom. The number of nitrogens with zero attached hydrogens (tertiary/aromatic N) is 3. The van der Waals surface area contributed by atoms with Gasteiger partial charge in [-0.3, -0.25) is 9.59 Å². The highest BCUT2D eigenvalue weighted by atomic mass is 32.2. The maximum atomic E-state index is 12.0. The van der Waals surface area contributed by atoms with E-state index >= 15 is 0 Å². The summed E-state index contributed by atoms with van der Waals surface area (Å²) in [5.41, 5.74) is 2.04. The van der Waals surface area contributed by atoms with Crippen LogP contribution in [0.25, 0.3) is 0 Å². The standard InChI is InChI=1S/C16H26N4O3S/c1-12-13(2)20(8-9-23-3)16(18-12)24-11-14(21)17-10-15(22)19-6-4-5-7-19/h4-11H2,1-3H3,(H,17,21). The molecule has 0 spiro atoms. The molecule has 1 aliphatic heterocycles. The molecule has 2 heterocycles. The molecular formula is C16H26N4O3S. The van der Waals surface area contributed by atoms with E-state index in [9.17, 15) is 9.59 Å². The number of aromatic nitrogens is 2. The van der Waals surface area contributed by atoms with E-state index in [1.807, 2.05) is 13.8 Å². The normalized spacial score (nSPS) is 14.2. The van der Waals surface area contributed by atoms with E-state index in [2.05, 4.69) is 14.9 Å². The quantitative estimate of drug-likeness (QED) is 0.704. The predicted octanol–water partition coefficient (Wildman–Crippen LogP) is 0.977. The van der Waals surface area contributed by atoms with Crippen LogP contribution < -0.4 is 5.32 Å². The van der Waals surface area contributed by atoms with Gasteiger partial charge >= 0.3 is 0 Å². The lowest BCUT2D eigenvalue weighted by Gasteiger charge is -2.15. The monoisotopic (exact) mass is 354 g/mol. The van der Waals surface area contributed by atoms with Crippen molar-refractivity contribution in [1.82, 2.24) is 19.8 Å². The number of aryl methyl sites for hydroxylation is 1. The fourth-order valence-corrected chi connectivity index (χ4v) is 3.56. The van der Waals surface area contributed by atoms with Gasteiger partial charge in [0.05, 0.1) is 24.6 Å². The van der Waals surface area contributed by atoms with Crippen LogP contribution in [0, 0.1) is 13.8 Å². The Morgan fingerprint density at radius 3 is 2.67 bits per heavy atom. The topological polar surface area (TPSA) is 76.5 Å². The van der Waals surface area contributed by atoms with Crippen LogP contribution in [0.3, 0.4) is 0 Å². The first-order valence-electron chi connectivity index (χ1n) is 8.23. The van der Waals surface area contributed by atoms with Crippen LogP contribution >= 0.6 is 11.8 Å². The van der Waals surface area contributed by atoms with E-state index in [4.69, 9.17) is 4.74 Å². The summed E-state index contributed by atoms with van der Waals surface area (Å²) in [7, 11) is 1.66. The third-order valence-electron chi connectivity index (χ3n) is 4.17. The van der Waals surface area contributed by atoms with Gasteiger partial charge in [-0.2, -0.15) is 0 Å². The van der Waals surface area contributed by atoms with Gasteiger partial charge in [0.15, 0.2) is 5.16 Å². The zero-order valence-corrected chi connectivity index (χ0v) is 15.4. The Balaban J connectivity index is 1.80. The van der Waals surface area contributed by atoms with Crippen LogP contribution in [0.5, 0.6) is 0 Å². The van der Waals surface area contributed by atoms with Gasteiger partial charge in [0.2, 0.25) is 11.8 Å². The second-order valence-electron chi connectivity index (χ2n) is 5.86. The number of imidazole rings is 1. The fourth-order valence-electron chi connectivity index (χ4n) is 2.61. The van der Waals surface area contributed by atoms with Crippen molar-refractivity contribution < 1.29 is 14.3 Å². The maximum Gasteiger partial charge on any atom is 0.241 e. The molecule has 0 radical (unpaired) electrons. The van der Waals surface area contributed by atoms with Gasteiger partial charge in [-0.1, -0.05) is 11.8 Å². The highest BCUT2D eigenvalue weighted by Crippen LogP contribution is 2.20. The number of carbonyl (C=O) groups excluding carboxylic acids is 2. The van der Waals surface area contributed by atoms with Crippen molar-refractivity contribution in [2.24, 2.45) is 0 Å². The lowest BCUT2D eigenvalue weighted by atomic mass is 10.4. The van der Waals surface area contributed by atoms with Gasteiger partial charge in [-0.05, 0) is 26.7 Å². The van der Waals surface area contributed by atoms with E-state index in [0.717, 1.165) is 42.5 Å². The van der Waals surface area contributed by atoms with Gasteiger partial charge in [0, 0.05) is 32.4 Å². The Hall–Kier alpha value is -1.54. The molecule has 7 nitrogen and oxygen atoms in total. The van der Waals surface area contributed by atoms with Crippen molar-refractivity contribution in [3.8, 4) is 0 Å². The number of amides is 2. The molecule has 1 N–H and O–H groups in total. The molecule has 8 heteroatoms. The lowest BCUT2D eigenvalue weighted by Crippen LogP contribution is -2.39. The van der Waals surface area contributed by atoms with E-state index in [0.29, 0.717) is 13.2 Å². The molecular weight excluding hydrogens is 328 g/mol. The summed E-state index contributed by atoms with van der Waals surface area (Å²) in [6.45, 7) is 6.96. The van der Waals surface area contributed by atoms with Crippen LogP contribution in [0.2, 0.25) is 0 Å². The number of likely N-dealkylation sites (tertiary alicyclic amines) is 1. The van der Waals surface area contributed by atoms with Crippen molar-refractivity contribution in [3.05, 3.63) is 11.4 Å². The average Bonchev–Trinajstić information content (AvgIpc) is 3.19. The van der Waals surface area contributed by atoms with Crippen molar-refractivity contribution in [2.45, 2.75) is 38.4 Å². The maximum absolute atomic E-state index is 12.0. The molecule has 1 saturated heterocycles. The van der Waals surface area contributed by atoms with E-state index in [1.165, 1.54) is 11.8 Å². The van der Waals surface area contributed by atoms with Gasteiger partial charge < -0.3 is 19.5 Å². The van der Waals surface area contributed by atoms with Gasteiger partial charge in [-0.15, -0.1) is 0 Å². The molecule has 1 aliphatic rings. The Bertz CT molecular complexity index is 582. The van der Waals surface area contributed by atoms with Crippen molar-refractivity contribution >= 4 is 23.6 Å². The molecule has 24 heavy (non-hydrogen) atoms. The smallest absolute Gasteiger partial charge is 0.241 e. The second-order valence-corrected chi connectivity index (χ2v) is 6.81. The summed E-state index contributed by atoms with van der Waals surface area (Å²) in [5.74, 6) is 0.0964. The van der Waals surface area contributed by atoms with Gasteiger partial charge in [0.25, 0.3) is 0 Å². The minimum absolute atomic E-state index is 0.000802. The van der Waals surface area contributed by atoms with Crippen LogP contribution in [-0.4, -0.2) is 65.4 Å². The zero-order valence-electron chi connectivity index (χ0n) is 14.6. The molecule has 1 aromatic heterocycles. The third kappa shape index (κ3) is 4.98. The van der Waals surface area contributed by atoms with Crippen LogP contribution in [0.1, 0.15) is 24.2 Å². The highest BCUT2D eigenvalue weighted by Gasteiger charge is 2.18. The molecule has 0 aromatic carbocycles. The summed E-state index contributed by atoms with van der Waals surface area (Å²) in [6, 6.07) is 0. The van der Waals surface area contributed by atoms with E-state index < -0.39 is 0 Å². The predicted molar refractivity (Wildman–Crippen MR) is 93.1 cm³/mol. The van der Waals surface area contributed by atoms with Crippen LogP contribution in [-0.2, 0) is 20.9 Å². The van der Waals surface area contributed by atoms with E-state index in [1.54, 1.807) is 12.0 Å². The largest absolute Gasteiger partial charge is 0.383 e. The zero-order chi connectivity index (χ0) is 17.5. The molecule has 2 amide bonds. The summed E-state index contributed by atoms with van der Waals surface area (Å²) in [5, 5.41) is 3.51. The van der Waals surface area contributed by atoms with Gasteiger partial charge in [0.1, 0.15) is 0 Å². The third-order valence-corrected chi connectivity index (χ3v) is 5.15. The fraction of sp³-hybridized carbons (Fsp3) is 0.688. The Kier molecular flexibility index (Phi) is 7.11. The second kappa shape index (κ2) is 9.08. The molecule has 1 aromatic rings. The SMILES string of the molecule is COCCn1c(SCC(=O)NCC(=O)N2CCCC2)nc(C)c1C. The van der Waals surface area contributed by atoms with Gasteiger partial charge in [-0.25, -0.2) is 4.98 Å². The first kappa shape index (κ1) is 18.8.